The minimum atomic E-state index is -0.223. The molecule has 158 valence electrons. The normalized spacial score (nSPS) is 14.5. The third-order valence-electron chi connectivity index (χ3n) is 5.66. The highest BCUT2D eigenvalue weighted by molar-refractivity contribution is 8.00. The van der Waals surface area contributed by atoms with Gasteiger partial charge in [0.15, 0.2) is 0 Å². The summed E-state index contributed by atoms with van der Waals surface area (Å²) in [6, 6.07) is 13.0. The molecule has 5 rings (SSSR count). The van der Waals surface area contributed by atoms with Gasteiger partial charge in [0.2, 0.25) is 5.91 Å². The molecule has 1 amide bonds. The molecule has 0 saturated carbocycles. The quantitative estimate of drug-likeness (QED) is 0.388. The van der Waals surface area contributed by atoms with Gasteiger partial charge in [-0.3, -0.25) is 4.79 Å². The first-order chi connectivity index (χ1) is 15.1. The Kier molecular flexibility index (Phi) is 5.23. The van der Waals surface area contributed by atoms with Crippen molar-refractivity contribution in [1.82, 2.24) is 19.9 Å². The number of piperazine rings is 1. The number of carbonyl (C=O) groups excluding carboxylic acids is 1. The molecule has 31 heavy (non-hydrogen) atoms. The second kappa shape index (κ2) is 8.19. The van der Waals surface area contributed by atoms with Crippen molar-refractivity contribution in [3.05, 3.63) is 60.2 Å². The Bertz CT molecular complexity index is 1270. The largest absolute Gasteiger partial charge is 0.366 e. The number of hydrogen-bond donors (Lipinski definition) is 1. The number of amides is 1. The Morgan fingerprint density at radius 3 is 2.74 bits per heavy atom. The predicted molar refractivity (Wildman–Crippen MR) is 122 cm³/mol. The van der Waals surface area contributed by atoms with E-state index in [0.29, 0.717) is 37.6 Å². The molecule has 0 aliphatic carbocycles. The van der Waals surface area contributed by atoms with Gasteiger partial charge in [0.05, 0.1) is 17.0 Å². The van der Waals surface area contributed by atoms with Gasteiger partial charge in [-0.2, -0.15) is 0 Å². The van der Waals surface area contributed by atoms with Crippen LogP contribution in [0.5, 0.6) is 0 Å². The molecule has 1 saturated heterocycles. The van der Waals surface area contributed by atoms with Crippen molar-refractivity contribution in [1.29, 1.82) is 0 Å². The number of rotatable bonds is 4. The van der Waals surface area contributed by atoms with Crippen LogP contribution in [-0.4, -0.2) is 57.7 Å². The van der Waals surface area contributed by atoms with E-state index in [2.05, 4.69) is 34.0 Å². The SMILES string of the molecule is Cc1ccc2[nH]c3c(SCC(=O)N4CCN(c5ccccc5F)CC4)ncnc3c2c1. The van der Waals surface area contributed by atoms with E-state index in [1.54, 1.807) is 18.5 Å². The molecule has 0 bridgehead atoms. The van der Waals surface area contributed by atoms with Gasteiger partial charge in [-0.15, -0.1) is 0 Å². The molecule has 8 heteroatoms. The molecule has 3 heterocycles. The maximum absolute atomic E-state index is 14.0. The van der Waals surface area contributed by atoms with E-state index in [1.165, 1.54) is 23.4 Å². The Balaban J connectivity index is 1.26. The number of fused-ring (bicyclic) bond motifs is 3. The Morgan fingerprint density at radius 2 is 1.94 bits per heavy atom. The van der Waals surface area contributed by atoms with Crippen molar-refractivity contribution in [3.8, 4) is 0 Å². The number of nitrogens with one attached hydrogen (secondary N) is 1. The number of nitrogens with zero attached hydrogens (tertiary/aromatic N) is 4. The van der Waals surface area contributed by atoms with Crippen molar-refractivity contribution >= 4 is 45.3 Å². The lowest BCUT2D eigenvalue weighted by Gasteiger charge is -2.36. The van der Waals surface area contributed by atoms with Gasteiger partial charge < -0.3 is 14.8 Å². The van der Waals surface area contributed by atoms with Crippen LogP contribution in [0.1, 0.15) is 5.56 Å². The second-order valence-corrected chi connectivity index (χ2v) is 8.65. The summed E-state index contributed by atoms with van der Waals surface area (Å²) >= 11 is 1.42. The number of aromatic amines is 1. The zero-order valence-corrected chi connectivity index (χ0v) is 18.0. The van der Waals surface area contributed by atoms with E-state index >= 15 is 0 Å². The maximum atomic E-state index is 14.0. The summed E-state index contributed by atoms with van der Waals surface area (Å²) in [6.45, 7) is 4.46. The predicted octanol–water partition coefficient (Wildman–Crippen LogP) is 4.00. The summed E-state index contributed by atoms with van der Waals surface area (Å²) in [4.78, 5) is 28.9. The standard InChI is InChI=1S/C23H22FN5OS/c1-15-6-7-18-16(12-15)21-22(27-18)23(26-14-25-21)31-13-20(30)29-10-8-28(9-11-29)19-5-3-2-4-17(19)24/h2-7,12,14,27H,8-11,13H2,1H3. The molecule has 1 N–H and O–H groups in total. The average Bonchev–Trinajstić information content (AvgIpc) is 3.16. The number of para-hydroxylation sites is 1. The highest BCUT2D eigenvalue weighted by Crippen LogP contribution is 2.30. The lowest BCUT2D eigenvalue weighted by molar-refractivity contribution is -0.128. The Hall–Kier alpha value is -3.13. The Morgan fingerprint density at radius 1 is 1.13 bits per heavy atom. The molecule has 2 aromatic carbocycles. The van der Waals surface area contributed by atoms with E-state index < -0.39 is 0 Å². The van der Waals surface area contributed by atoms with Crippen LogP contribution in [0.25, 0.3) is 21.9 Å². The van der Waals surface area contributed by atoms with Crippen LogP contribution in [-0.2, 0) is 4.79 Å². The van der Waals surface area contributed by atoms with Crippen LogP contribution in [0.15, 0.2) is 53.8 Å². The summed E-state index contributed by atoms with van der Waals surface area (Å²) in [5, 5.41) is 1.84. The number of benzene rings is 2. The van der Waals surface area contributed by atoms with Crippen molar-refractivity contribution in [2.24, 2.45) is 0 Å². The maximum Gasteiger partial charge on any atom is 0.233 e. The summed E-state index contributed by atoms with van der Waals surface area (Å²) in [5.41, 5.74) is 4.53. The fourth-order valence-electron chi connectivity index (χ4n) is 4.02. The number of aromatic nitrogens is 3. The summed E-state index contributed by atoms with van der Waals surface area (Å²) < 4.78 is 14.0. The highest BCUT2D eigenvalue weighted by atomic mass is 32.2. The van der Waals surface area contributed by atoms with Gasteiger partial charge >= 0.3 is 0 Å². The third-order valence-corrected chi connectivity index (χ3v) is 6.63. The minimum Gasteiger partial charge on any atom is -0.366 e. The van der Waals surface area contributed by atoms with Gasteiger partial charge in [0.25, 0.3) is 0 Å². The van der Waals surface area contributed by atoms with Gasteiger partial charge in [0, 0.05) is 37.1 Å². The smallest absolute Gasteiger partial charge is 0.233 e. The number of H-pyrrole nitrogens is 1. The van der Waals surface area contributed by atoms with Crippen LogP contribution in [0.2, 0.25) is 0 Å². The molecule has 4 aromatic rings. The number of anilines is 1. The summed E-state index contributed by atoms with van der Waals surface area (Å²) in [6.07, 6.45) is 1.55. The molecule has 1 fully saturated rings. The van der Waals surface area contributed by atoms with Crippen molar-refractivity contribution < 1.29 is 9.18 Å². The average molecular weight is 436 g/mol. The second-order valence-electron chi connectivity index (χ2n) is 7.68. The van der Waals surface area contributed by atoms with Crippen molar-refractivity contribution in [2.75, 3.05) is 36.8 Å². The van der Waals surface area contributed by atoms with Crippen LogP contribution < -0.4 is 4.90 Å². The van der Waals surface area contributed by atoms with E-state index in [9.17, 15) is 9.18 Å². The molecule has 6 nitrogen and oxygen atoms in total. The zero-order chi connectivity index (χ0) is 21.4. The molecule has 1 aliphatic rings. The summed E-state index contributed by atoms with van der Waals surface area (Å²) in [5.74, 6) is 0.149. The summed E-state index contributed by atoms with van der Waals surface area (Å²) in [7, 11) is 0. The van der Waals surface area contributed by atoms with Gasteiger partial charge in [-0.25, -0.2) is 14.4 Å². The molecular formula is C23H22FN5OS. The van der Waals surface area contributed by atoms with E-state index in [1.807, 2.05) is 21.9 Å². The number of hydrogen-bond acceptors (Lipinski definition) is 5. The van der Waals surface area contributed by atoms with Gasteiger partial charge in [-0.1, -0.05) is 35.5 Å². The fraction of sp³-hybridized carbons (Fsp3) is 0.261. The number of carbonyl (C=O) groups is 1. The first kappa shape index (κ1) is 19.8. The molecule has 0 unspecified atom stereocenters. The van der Waals surface area contributed by atoms with Crippen LogP contribution in [0.4, 0.5) is 10.1 Å². The van der Waals surface area contributed by atoms with Crippen molar-refractivity contribution in [2.45, 2.75) is 11.9 Å². The van der Waals surface area contributed by atoms with Gasteiger partial charge in [0.1, 0.15) is 22.7 Å². The molecule has 0 spiro atoms. The minimum absolute atomic E-state index is 0.0666. The Labute approximate surface area is 183 Å². The third kappa shape index (κ3) is 3.83. The zero-order valence-electron chi connectivity index (χ0n) is 17.1. The lowest BCUT2D eigenvalue weighted by Crippen LogP contribution is -2.49. The molecule has 0 atom stereocenters. The molecule has 2 aromatic heterocycles. The first-order valence-electron chi connectivity index (χ1n) is 10.2. The van der Waals surface area contributed by atoms with Crippen LogP contribution in [0, 0.1) is 12.7 Å². The van der Waals surface area contributed by atoms with E-state index in [0.717, 1.165) is 27.0 Å². The van der Waals surface area contributed by atoms with E-state index in [-0.39, 0.29) is 11.7 Å². The lowest BCUT2D eigenvalue weighted by atomic mass is 10.2. The number of halogens is 1. The molecule has 0 radical (unpaired) electrons. The number of aryl methyl sites for hydroxylation is 1. The number of thioether (sulfide) groups is 1. The molecular weight excluding hydrogens is 413 g/mol. The molecule has 1 aliphatic heterocycles. The highest BCUT2D eigenvalue weighted by Gasteiger charge is 2.23. The van der Waals surface area contributed by atoms with Gasteiger partial charge in [-0.05, 0) is 31.2 Å². The van der Waals surface area contributed by atoms with Crippen LogP contribution in [0.3, 0.4) is 0 Å². The monoisotopic (exact) mass is 435 g/mol. The first-order valence-corrected chi connectivity index (χ1v) is 11.2. The van der Waals surface area contributed by atoms with Crippen molar-refractivity contribution in [3.63, 3.8) is 0 Å². The van der Waals surface area contributed by atoms with Crippen LogP contribution >= 0.6 is 11.8 Å². The topological polar surface area (TPSA) is 65.1 Å². The fourth-order valence-corrected chi connectivity index (χ4v) is 4.88. The van der Waals surface area contributed by atoms with E-state index in [4.69, 9.17) is 0 Å².